The minimum absolute atomic E-state index is 0.0863. The minimum Gasteiger partial charge on any atom is -0.491 e. The van der Waals surface area contributed by atoms with Crippen LogP contribution in [-0.4, -0.2) is 24.5 Å². The molecule has 0 aromatic heterocycles. The van der Waals surface area contributed by atoms with Crippen LogP contribution in [0.4, 0.5) is 11.4 Å². The third kappa shape index (κ3) is 4.45. The molecule has 27 heavy (non-hydrogen) atoms. The van der Waals surface area contributed by atoms with Gasteiger partial charge in [0.25, 0.3) is 0 Å². The first kappa shape index (κ1) is 18.5. The van der Waals surface area contributed by atoms with E-state index in [-0.39, 0.29) is 24.3 Å². The van der Waals surface area contributed by atoms with E-state index in [2.05, 4.69) is 5.32 Å². The van der Waals surface area contributed by atoms with Gasteiger partial charge in [0, 0.05) is 24.3 Å². The summed E-state index contributed by atoms with van der Waals surface area (Å²) in [4.78, 5) is 26.4. The molecule has 0 radical (unpaired) electrons. The predicted octanol–water partition coefficient (Wildman–Crippen LogP) is 3.34. The van der Waals surface area contributed by atoms with Gasteiger partial charge in [-0.3, -0.25) is 9.59 Å². The number of nitriles is 1. The summed E-state index contributed by atoms with van der Waals surface area (Å²) in [5.74, 6) is 0.0448. The molecule has 1 N–H and O–H groups in total. The van der Waals surface area contributed by atoms with E-state index in [4.69, 9.17) is 10.00 Å². The molecule has 138 valence electrons. The van der Waals surface area contributed by atoms with Crippen LogP contribution in [0.2, 0.25) is 0 Å². The molecule has 0 bridgehead atoms. The molecule has 2 amide bonds. The molecule has 0 saturated carbocycles. The van der Waals surface area contributed by atoms with Crippen molar-refractivity contribution in [3.8, 4) is 11.8 Å². The fraction of sp³-hybridized carbons (Fsp3) is 0.286. The lowest BCUT2D eigenvalue weighted by molar-refractivity contribution is -0.122. The van der Waals surface area contributed by atoms with E-state index in [9.17, 15) is 9.59 Å². The number of anilines is 2. The number of carbonyl (C=O) groups is 2. The molecule has 6 nitrogen and oxygen atoms in total. The lowest BCUT2D eigenvalue weighted by atomic mass is 10.1. The van der Waals surface area contributed by atoms with Crippen molar-refractivity contribution in [2.75, 3.05) is 16.8 Å². The summed E-state index contributed by atoms with van der Waals surface area (Å²) in [6.45, 7) is 4.23. The van der Waals surface area contributed by atoms with E-state index in [1.165, 1.54) is 0 Å². The van der Waals surface area contributed by atoms with Crippen molar-refractivity contribution >= 4 is 23.2 Å². The van der Waals surface area contributed by atoms with Gasteiger partial charge in [-0.15, -0.1) is 0 Å². The van der Waals surface area contributed by atoms with Crippen LogP contribution in [-0.2, 0) is 9.59 Å². The maximum absolute atomic E-state index is 12.5. The number of ether oxygens (including phenoxy) is 1. The summed E-state index contributed by atoms with van der Waals surface area (Å²) in [5.41, 5.74) is 1.90. The molecule has 0 aliphatic carbocycles. The Kier molecular flexibility index (Phi) is 5.41. The largest absolute Gasteiger partial charge is 0.491 e. The van der Waals surface area contributed by atoms with Crippen molar-refractivity contribution in [2.45, 2.75) is 26.4 Å². The van der Waals surface area contributed by atoms with Gasteiger partial charge >= 0.3 is 0 Å². The van der Waals surface area contributed by atoms with Crippen LogP contribution in [0.1, 0.15) is 25.8 Å². The number of rotatable bonds is 5. The Hall–Kier alpha value is -3.33. The number of hydrogen-bond donors (Lipinski definition) is 1. The Morgan fingerprint density at radius 1 is 1.19 bits per heavy atom. The second kappa shape index (κ2) is 7.92. The zero-order valence-electron chi connectivity index (χ0n) is 15.3. The third-order valence-electron chi connectivity index (χ3n) is 4.30. The van der Waals surface area contributed by atoms with Gasteiger partial charge in [-0.1, -0.05) is 0 Å². The fourth-order valence-corrected chi connectivity index (χ4v) is 2.98. The molecule has 0 spiro atoms. The lowest BCUT2D eigenvalue weighted by Gasteiger charge is -2.17. The molecule has 1 saturated heterocycles. The zero-order valence-corrected chi connectivity index (χ0v) is 15.3. The minimum atomic E-state index is -0.417. The van der Waals surface area contributed by atoms with E-state index in [0.29, 0.717) is 23.5 Å². The van der Waals surface area contributed by atoms with Crippen molar-refractivity contribution in [3.63, 3.8) is 0 Å². The zero-order chi connectivity index (χ0) is 19.4. The fourth-order valence-electron chi connectivity index (χ4n) is 2.98. The Morgan fingerprint density at radius 3 is 2.44 bits per heavy atom. The van der Waals surface area contributed by atoms with Crippen LogP contribution >= 0.6 is 0 Å². The molecule has 2 aromatic carbocycles. The van der Waals surface area contributed by atoms with Gasteiger partial charge in [-0.2, -0.15) is 5.26 Å². The van der Waals surface area contributed by atoms with Crippen molar-refractivity contribution in [1.82, 2.24) is 0 Å². The molecule has 1 atom stereocenters. The lowest BCUT2D eigenvalue weighted by Crippen LogP contribution is -2.28. The van der Waals surface area contributed by atoms with Crippen molar-refractivity contribution in [2.24, 2.45) is 5.92 Å². The summed E-state index contributed by atoms with van der Waals surface area (Å²) >= 11 is 0. The Morgan fingerprint density at radius 2 is 1.85 bits per heavy atom. The summed E-state index contributed by atoms with van der Waals surface area (Å²) in [6, 6.07) is 16.0. The predicted molar refractivity (Wildman–Crippen MR) is 102 cm³/mol. The summed E-state index contributed by atoms with van der Waals surface area (Å²) in [5, 5.41) is 11.7. The average molecular weight is 363 g/mol. The van der Waals surface area contributed by atoms with Crippen molar-refractivity contribution in [1.29, 1.82) is 5.26 Å². The first-order valence-electron chi connectivity index (χ1n) is 8.84. The summed E-state index contributed by atoms with van der Waals surface area (Å²) < 4.78 is 5.58. The average Bonchev–Trinajstić information content (AvgIpc) is 3.05. The first-order chi connectivity index (χ1) is 13.0. The van der Waals surface area contributed by atoms with Gasteiger partial charge < -0.3 is 15.0 Å². The maximum Gasteiger partial charge on any atom is 0.229 e. The van der Waals surface area contributed by atoms with E-state index in [1.807, 2.05) is 19.9 Å². The van der Waals surface area contributed by atoms with Crippen LogP contribution in [0.15, 0.2) is 48.5 Å². The number of hydrogen-bond acceptors (Lipinski definition) is 4. The normalized spacial score (nSPS) is 16.3. The molecule has 3 rings (SSSR count). The third-order valence-corrected chi connectivity index (χ3v) is 4.30. The molecule has 1 aliphatic rings. The Bertz CT molecular complexity index is 867. The number of nitrogens with one attached hydrogen (secondary N) is 1. The van der Waals surface area contributed by atoms with Gasteiger partial charge in [-0.25, -0.2) is 0 Å². The molecular formula is C21H21N3O3. The Labute approximate surface area is 158 Å². The van der Waals surface area contributed by atoms with E-state index in [1.54, 1.807) is 53.4 Å². The molecule has 6 heteroatoms. The second-order valence-electron chi connectivity index (χ2n) is 6.74. The maximum atomic E-state index is 12.5. The number of nitrogens with zero attached hydrogens (tertiary/aromatic N) is 2. The molecule has 1 aliphatic heterocycles. The second-order valence-corrected chi connectivity index (χ2v) is 6.74. The number of benzene rings is 2. The molecule has 1 fully saturated rings. The van der Waals surface area contributed by atoms with Gasteiger partial charge in [0.15, 0.2) is 0 Å². The SMILES string of the molecule is CC(C)Oc1ccc(NC(=O)C2CC(=O)N(c3ccc(C#N)cc3)C2)cc1. The van der Waals surface area contributed by atoms with Gasteiger partial charge in [0.05, 0.1) is 23.7 Å². The topological polar surface area (TPSA) is 82.4 Å². The molecule has 1 unspecified atom stereocenters. The van der Waals surface area contributed by atoms with E-state index >= 15 is 0 Å². The quantitative estimate of drug-likeness (QED) is 0.883. The van der Waals surface area contributed by atoms with Crippen LogP contribution in [0.3, 0.4) is 0 Å². The molecular weight excluding hydrogens is 342 g/mol. The standard InChI is InChI=1S/C21H21N3O3/c1-14(2)27-19-9-5-17(6-10-19)23-21(26)16-11-20(25)24(13-16)18-7-3-15(12-22)4-8-18/h3-10,14,16H,11,13H2,1-2H3,(H,23,26). The highest BCUT2D eigenvalue weighted by molar-refractivity contribution is 6.03. The Balaban J connectivity index is 1.62. The number of carbonyl (C=O) groups excluding carboxylic acids is 2. The smallest absolute Gasteiger partial charge is 0.229 e. The van der Waals surface area contributed by atoms with Gasteiger partial charge in [0.2, 0.25) is 11.8 Å². The van der Waals surface area contributed by atoms with Crippen LogP contribution in [0.5, 0.6) is 5.75 Å². The molecule has 1 heterocycles. The first-order valence-corrected chi connectivity index (χ1v) is 8.84. The van der Waals surface area contributed by atoms with Crippen molar-refractivity contribution in [3.05, 3.63) is 54.1 Å². The van der Waals surface area contributed by atoms with E-state index < -0.39 is 5.92 Å². The monoisotopic (exact) mass is 363 g/mol. The summed E-state index contributed by atoms with van der Waals surface area (Å²) in [6.07, 6.45) is 0.253. The summed E-state index contributed by atoms with van der Waals surface area (Å²) in [7, 11) is 0. The highest BCUT2D eigenvalue weighted by Crippen LogP contribution is 2.26. The van der Waals surface area contributed by atoms with Gasteiger partial charge in [0.1, 0.15) is 5.75 Å². The molecule has 2 aromatic rings. The van der Waals surface area contributed by atoms with Crippen LogP contribution in [0, 0.1) is 17.2 Å². The van der Waals surface area contributed by atoms with Crippen molar-refractivity contribution < 1.29 is 14.3 Å². The van der Waals surface area contributed by atoms with Crippen LogP contribution < -0.4 is 15.0 Å². The van der Waals surface area contributed by atoms with E-state index in [0.717, 1.165) is 5.75 Å². The highest BCUT2D eigenvalue weighted by atomic mass is 16.5. The highest BCUT2D eigenvalue weighted by Gasteiger charge is 2.35. The number of amides is 2. The van der Waals surface area contributed by atoms with Crippen LogP contribution in [0.25, 0.3) is 0 Å². The van der Waals surface area contributed by atoms with Gasteiger partial charge in [-0.05, 0) is 62.4 Å².